The monoisotopic (exact) mass is 230 g/mol. The molecule has 2 rings (SSSR count). The summed E-state index contributed by atoms with van der Waals surface area (Å²) in [4.78, 5) is 25.2. The zero-order valence-corrected chi connectivity index (χ0v) is 8.81. The van der Waals surface area contributed by atoms with Crippen molar-refractivity contribution in [1.82, 2.24) is 4.98 Å². The molecule has 0 aliphatic heterocycles. The molecular formula is C12H10N2O3. The number of carboxylic acid groups (broad SMARTS) is 1. The molecule has 0 spiro atoms. The normalized spacial score (nSPS) is 11.6. The number of nitrogens with one attached hydrogen (secondary N) is 1. The lowest BCUT2D eigenvalue weighted by Crippen LogP contribution is -2.12. The summed E-state index contributed by atoms with van der Waals surface area (Å²) in [6.07, 6.45) is 2.45. The van der Waals surface area contributed by atoms with Crippen LogP contribution in [0.5, 0.6) is 0 Å². The lowest BCUT2D eigenvalue weighted by Gasteiger charge is -1.95. The second-order valence-corrected chi connectivity index (χ2v) is 3.52. The first-order valence-electron chi connectivity index (χ1n) is 4.90. The second kappa shape index (κ2) is 4.13. The number of rotatable bonds is 3. The summed E-state index contributed by atoms with van der Waals surface area (Å²) >= 11 is 0. The lowest BCUT2D eigenvalue weighted by molar-refractivity contribution is -0.132. The van der Waals surface area contributed by atoms with Gasteiger partial charge in [0.15, 0.2) is 5.78 Å². The number of ketones is 1. The van der Waals surface area contributed by atoms with E-state index in [1.54, 1.807) is 18.3 Å². The molecule has 4 N–H and O–H groups in total. The van der Waals surface area contributed by atoms with Gasteiger partial charge in [-0.3, -0.25) is 4.79 Å². The van der Waals surface area contributed by atoms with E-state index < -0.39 is 17.4 Å². The van der Waals surface area contributed by atoms with Gasteiger partial charge in [0.1, 0.15) is 5.70 Å². The molecule has 1 aromatic carbocycles. The highest BCUT2D eigenvalue weighted by Crippen LogP contribution is 2.18. The number of hydrogen-bond donors (Lipinski definition) is 3. The summed E-state index contributed by atoms with van der Waals surface area (Å²) in [5, 5.41) is 9.33. The minimum absolute atomic E-state index is 0.407. The Morgan fingerprint density at radius 1 is 1.29 bits per heavy atom. The van der Waals surface area contributed by atoms with Crippen LogP contribution in [-0.4, -0.2) is 21.8 Å². The van der Waals surface area contributed by atoms with Gasteiger partial charge in [-0.1, -0.05) is 18.2 Å². The highest BCUT2D eigenvalue weighted by atomic mass is 16.4. The Labute approximate surface area is 96.5 Å². The van der Waals surface area contributed by atoms with Crippen LogP contribution in [0.2, 0.25) is 0 Å². The zero-order chi connectivity index (χ0) is 12.4. The van der Waals surface area contributed by atoms with Crippen LogP contribution in [0.1, 0.15) is 10.4 Å². The van der Waals surface area contributed by atoms with E-state index in [1.165, 1.54) is 0 Å². The van der Waals surface area contributed by atoms with Gasteiger partial charge < -0.3 is 15.8 Å². The van der Waals surface area contributed by atoms with E-state index in [4.69, 9.17) is 10.8 Å². The number of carboxylic acids is 1. The Hall–Kier alpha value is -2.56. The summed E-state index contributed by atoms with van der Waals surface area (Å²) in [5.41, 5.74) is 5.95. The molecule has 86 valence electrons. The molecule has 0 saturated carbocycles. The van der Waals surface area contributed by atoms with Crippen LogP contribution < -0.4 is 5.73 Å². The van der Waals surface area contributed by atoms with Gasteiger partial charge in [0.2, 0.25) is 0 Å². The van der Waals surface area contributed by atoms with Crippen LogP contribution in [0.25, 0.3) is 10.9 Å². The number of carbonyl (C=O) groups is 2. The first kappa shape index (κ1) is 10.9. The summed E-state index contributed by atoms with van der Waals surface area (Å²) in [7, 11) is 0. The van der Waals surface area contributed by atoms with Gasteiger partial charge in [-0.05, 0) is 6.07 Å². The summed E-state index contributed by atoms with van der Waals surface area (Å²) in [6, 6.07) is 7.26. The molecule has 0 amide bonds. The maximum Gasteiger partial charge on any atom is 0.351 e. The van der Waals surface area contributed by atoms with Crippen LogP contribution in [0.3, 0.4) is 0 Å². The largest absolute Gasteiger partial charge is 0.477 e. The highest BCUT2D eigenvalue weighted by molar-refractivity contribution is 6.15. The van der Waals surface area contributed by atoms with Gasteiger partial charge in [0.25, 0.3) is 0 Å². The van der Waals surface area contributed by atoms with E-state index in [0.29, 0.717) is 5.56 Å². The van der Waals surface area contributed by atoms with Crippen molar-refractivity contribution in [1.29, 1.82) is 0 Å². The Morgan fingerprint density at radius 2 is 2.00 bits per heavy atom. The van der Waals surface area contributed by atoms with Crippen molar-refractivity contribution in [3.05, 3.63) is 47.8 Å². The highest BCUT2D eigenvalue weighted by Gasteiger charge is 2.11. The number of fused-ring (bicyclic) bond motifs is 1. The number of aromatic nitrogens is 1. The molecule has 5 heteroatoms. The molecule has 0 aliphatic rings. The third kappa shape index (κ3) is 2.03. The van der Waals surface area contributed by atoms with Crippen molar-refractivity contribution in [3.8, 4) is 0 Å². The molecule has 1 heterocycles. The molecule has 5 nitrogen and oxygen atoms in total. The molecule has 2 aromatic rings. The van der Waals surface area contributed by atoms with Gasteiger partial charge in [-0.25, -0.2) is 4.79 Å². The number of benzene rings is 1. The first-order chi connectivity index (χ1) is 8.09. The molecule has 17 heavy (non-hydrogen) atoms. The second-order valence-electron chi connectivity index (χ2n) is 3.52. The van der Waals surface area contributed by atoms with Gasteiger partial charge in [-0.2, -0.15) is 0 Å². The van der Waals surface area contributed by atoms with Crippen molar-refractivity contribution in [2.75, 3.05) is 0 Å². The Balaban J connectivity index is 2.44. The number of H-pyrrole nitrogens is 1. The Kier molecular flexibility index (Phi) is 2.66. The number of nitrogens with two attached hydrogens (primary N) is 1. The summed E-state index contributed by atoms with van der Waals surface area (Å²) < 4.78 is 0. The number of carbonyl (C=O) groups excluding carboxylic acids is 1. The number of hydrogen-bond acceptors (Lipinski definition) is 3. The molecule has 0 radical (unpaired) electrons. The van der Waals surface area contributed by atoms with Crippen molar-refractivity contribution >= 4 is 22.7 Å². The van der Waals surface area contributed by atoms with Crippen LogP contribution >= 0.6 is 0 Å². The van der Waals surface area contributed by atoms with E-state index in [0.717, 1.165) is 17.0 Å². The van der Waals surface area contributed by atoms with Crippen molar-refractivity contribution in [2.24, 2.45) is 5.73 Å². The van der Waals surface area contributed by atoms with E-state index in [2.05, 4.69) is 4.98 Å². The van der Waals surface area contributed by atoms with Crippen molar-refractivity contribution < 1.29 is 14.7 Å². The van der Waals surface area contributed by atoms with Crippen LogP contribution in [0.15, 0.2) is 42.2 Å². The zero-order valence-electron chi connectivity index (χ0n) is 8.81. The average molecular weight is 230 g/mol. The van der Waals surface area contributed by atoms with Gasteiger partial charge in [0.05, 0.1) is 0 Å². The number of para-hydroxylation sites is 1. The van der Waals surface area contributed by atoms with Crippen LogP contribution in [-0.2, 0) is 4.79 Å². The topological polar surface area (TPSA) is 96.2 Å². The number of aliphatic carboxylic acids is 1. The van der Waals surface area contributed by atoms with Crippen LogP contribution in [0, 0.1) is 0 Å². The van der Waals surface area contributed by atoms with Gasteiger partial charge in [0, 0.05) is 28.7 Å². The summed E-state index contributed by atoms with van der Waals surface area (Å²) in [5.74, 6) is -1.74. The fourth-order valence-electron chi connectivity index (χ4n) is 1.56. The van der Waals surface area contributed by atoms with Gasteiger partial charge >= 0.3 is 5.97 Å². The minimum atomic E-state index is -1.31. The summed E-state index contributed by atoms with van der Waals surface area (Å²) in [6.45, 7) is 0. The molecule has 1 aromatic heterocycles. The standard InChI is InChI=1S/C12H10N2O3/c13-9(12(16)17)5-11(15)8-6-14-10-4-2-1-3-7(8)10/h1-6,14H,13H2,(H,16,17). The molecule has 0 saturated heterocycles. The van der Waals surface area contributed by atoms with E-state index in [9.17, 15) is 9.59 Å². The minimum Gasteiger partial charge on any atom is -0.477 e. The molecule has 0 bridgehead atoms. The lowest BCUT2D eigenvalue weighted by atomic mass is 10.1. The smallest absolute Gasteiger partial charge is 0.351 e. The molecule has 0 fully saturated rings. The fraction of sp³-hybridized carbons (Fsp3) is 0. The predicted molar refractivity (Wildman–Crippen MR) is 62.5 cm³/mol. The predicted octanol–water partition coefficient (Wildman–Crippen LogP) is 1.28. The third-order valence-corrected chi connectivity index (χ3v) is 2.39. The first-order valence-corrected chi connectivity index (χ1v) is 4.90. The molecular weight excluding hydrogens is 220 g/mol. The van der Waals surface area contributed by atoms with E-state index >= 15 is 0 Å². The Bertz CT molecular complexity index is 625. The SMILES string of the molecule is NC(=CC(=O)c1c[nH]c2ccccc12)C(=O)O. The molecule has 0 atom stereocenters. The fourth-order valence-corrected chi connectivity index (χ4v) is 1.56. The van der Waals surface area contributed by atoms with Crippen molar-refractivity contribution in [2.45, 2.75) is 0 Å². The quantitative estimate of drug-likeness (QED) is 0.546. The van der Waals surface area contributed by atoms with Crippen LogP contribution in [0.4, 0.5) is 0 Å². The maximum absolute atomic E-state index is 11.8. The van der Waals surface area contributed by atoms with E-state index in [1.807, 2.05) is 12.1 Å². The van der Waals surface area contributed by atoms with Gasteiger partial charge in [-0.15, -0.1) is 0 Å². The van der Waals surface area contributed by atoms with Crippen molar-refractivity contribution in [3.63, 3.8) is 0 Å². The molecule has 0 unspecified atom stereocenters. The number of allylic oxidation sites excluding steroid dienone is 1. The maximum atomic E-state index is 11.8. The average Bonchev–Trinajstić information content (AvgIpc) is 2.72. The third-order valence-electron chi connectivity index (χ3n) is 2.39. The Morgan fingerprint density at radius 3 is 2.71 bits per heavy atom. The van der Waals surface area contributed by atoms with E-state index in [-0.39, 0.29) is 0 Å². The molecule has 0 aliphatic carbocycles. The number of aromatic amines is 1.